The van der Waals surface area contributed by atoms with Crippen LogP contribution in [0.25, 0.3) is 10.8 Å². The molecule has 0 bridgehead atoms. The Morgan fingerprint density at radius 2 is 1.78 bits per heavy atom. The van der Waals surface area contributed by atoms with Crippen molar-refractivity contribution in [3.63, 3.8) is 0 Å². The summed E-state index contributed by atoms with van der Waals surface area (Å²) in [7, 11) is 0. The van der Waals surface area contributed by atoms with Crippen molar-refractivity contribution in [3.05, 3.63) is 75.7 Å². The van der Waals surface area contributed by atoms with Gasteiger partial charge in [-0.25, -0.2) is 5.10 Å². The average Bonchev–Trinajstić information content (AvgIpc) is 2.57. The summed E-state index contributed by atoms with van der Waals surface area (Å²) >= 11 is 0. The first-order chi connectivity index (χ1) is 11.1. The number of H-pyrrole nitrogens is 1. The van der Waals surface area contributed by atoms with E-state index in [1.165, 1.54) is 0 Å². The van der Waals surface area contributed by atoms with Crippen molar-refractivity contribution in [1.29, 1.82) is 0 Å². The van der Waals surface area contributed by atoms with Crippen LogP contribution in [-0.2, 0) is 17.8 Å². The molecule has 0 spiro atoms. The molecule has 5 heteroatoms. The van der Waals surface area contributed by atoms with Crippen LogP contribution in [0.15, 0.2) is 53.3 Å². The van der Waals surface area contributed by atoms with Gasteiger partial charge in [-0.2, -0.15) is 5.10 Å². The monoisotopic (exact) mass is 307 g/mol. The molecular formula is C18H17N3O2. The van der Waals surface area contributed by atoms with Gasteiger partial charge in [0, 0.05) is 5.39 Å². The lowest BCUT2D eigenvalue weighted by atomic mass is 10.1. The van der Waals surface area contributed by atoms with E-state index in [0.717, 1.165) is 16.5 Å². The molecule has 23 heavy (non-hydrogen) atoms. The molecule has 0 aliphatic carbocycles. The number of fused-ring (bicyclic) bond motifs is 1. The van der Waals surface area contributed by atoms with Gasteiger partial charge in [0.05, 0.1) is 24.0 Å². The molecule has 0 unspecified atom stereocenters. The molecule has 1 heterocycles. The number of amides is 1. The summed E-state index contributed by atoms with van der Waals surface area (Å²) in [6.07, 6.45) is 0.327. The van der Waals surface area contributed by atoms with E-state index in [2.05, 4.69) is 15.5 Å². The van der Waals surface area contributed by atoms with Crippen molar-refractivity contribution in [2.45, 2.75) is 19.9 Å². The van der Waals surface area contributed by atoms with E-state index in [4.69, 9.17) is 0 Å². The number of hydrogen-bond donors (Lipinski definition) is 2. The van der Waals surface area contributed by atoms with E-state index in [9.17, 15) is 9.59 Å². The molecule has 0 radical (unpaired) electrons. The number of hydrogen-bond acceptors (Lipinski definition) is 3. The summed E-state index contributed by atoms with van der Waals surface area (Å²) in [5.41, 5.74) is 2.52. The quantitative estimate of drug-likeness (QED) is 0.775. The molecule has 0 aliphatic rings. The van der Waals surface area contributed by atoms with Crippen LogP contribution in [0.4, 0.5) is 0 Å². The first-order valence-corrected chi connectivity index (χ1v) is 7.42. The van der Waals surface area contributed by atoms with Crippen LogP contribution < -0.4 is 10.9 Å². The first kappa shape index (κ1) is 15.0. The van der Waals surface area contributed by atoms with Crippen molar-refractivity contribution in [1.82, 2.24) is 15.5 Å². The molecule has 0 atom stereocenters. The summed E-state index contributed by atoms with van der Waals surface area (Å²) in [5.74, 6) is -0.0728. The molecule has 1 amide bonds. The third-order valence-electron chi connectivity index (χ3n) is 3.84. The van der Waals surface area contributed by atoms with E-state index in [1.807, 2.05) is 43.3 Å². The minimum Gasteiger partial charge on any atom is -0.350 e. The predicted octanol–water partition coefficient (Wildman–Crippen LogP) is 2.09. The third kappa shape index (κ3) is 3.29. The molecule has 2 N–H and O–H groups in total. The van der Waals surface area contributed by atoms with Crippen molar-refractivity contribution in [2.24, 2.45) is 0 Å². The SMILES string of the molecule is Cc1ccccc1CC(=O)NCc1n[nH]c(=O)c2ccccc12. The molecule has 3 aromatic rings. The van der Waals surface area contributed by atoms with E-state index in [-0.39, 0.29) is 18.0 Å². The number of aromatic nitrogens is 2. The molecule has 116 valence electrons. The lowest BCUT2D eigenvalue weighted by Gasteiger charge is -2.08. The fourth-order valence-corrected chi connectivity index (χ4v) is 2.53. The van der Waals surface area contributed by atoms with E-state index in [0.29, 0.717) is 17.5 Å². The van der Waals surface area contributed by atoms with E-state index in [1.54, 1.807) is 12.1 Å². The van der Waals surface area contributed by atoms with Crippen LogP contribution in [0.3, 0.4) is 0 Å². The number of nitrogens with one attached hydrogen (secondary N) is 2. The van der Waals surface area contributed by atoms with Crippen LogP contribution >= 0.6 is 0 Å². The Balaban J connectivity index is 1.74. The second-order valence-corrected chi connectivity index (χ2v) is 5.42. The van der Waals surface area contributed by atoms with Crippen LogP contribution in [0.2, 0.25) is 0 Å². The zero-order chi connectivity index (χ0) is 16.2. The maximum absolute atomic E-state index is 12.1. The maximum atomic E-state index is 12.1. The zero-order valence-electron chi connectivity index (χ0n) is 12.8. The largest absolute Gasteiger partial charge is 0.350 e. The maximum Gasteiger partial charge on any atom is 0.272 e. The predicted molar refractivity (Wildman–Crippen MR) is 89.1 cm³/mol. The van der Waals surface area contributed by atoms with E-state index >= 15 is 0 Å². The highest BCUT2D eigenvalue weighted by Gasteiger charge is 2.09. The van der Waals surface area contributed by atoms with Gasteiger partial charge in [0.15, 0.2) is 0 Å². The lowest BCUT2D eigenvalue weighted by molar-refractivity contribution is -0.120. The molecule has 2 aromatic carbocycles. The van der Waals surface area contributed by atoms with Gasteiger partial charge in [-0.1, -0.05) is 42.5 Å². The lowest BCUT2D eigenvalue weighted by Crippen LogP contribution is -2.26. The zero-order valence-corrected chi connectivity index (χ0v) is 12.8. The van der Waals surface area contributed by atoms with Crippen molar-refractivity contribution >= 4 is 16.7 Å². The summed E-state index contributed by atoms with van der Waals surface area (Å²) in [6.45, 7) is 2.27. The topological polar surface area (TPSA) is 74.8 Å². The molecular weight excluding hydrogens is 290 g/mol. The Morgan fingerprint density at radius 1 is 1.09 bits per heavy atom. The van der Waals surface area contributed by atoms with E-state index < -0.39 is 0 Å². The molecule has 0 saturated carbocycles. The van der Waals surface area contributed by atoms with Gasteiger partial charge in [0.25, 0.3) is 5.56 Å². The van der Waals surface area contributed by atoms with Gasteiger partial charge in [0.2, 0.25) is 5.91 Å². The number of aryl methyl sites for hydroxylation is 1. The number of benzene rings is 2. The Bertz CT molecular complexity index is 915. The summed E-state index contributed by atoms with van der Waals surface area (Å²) in [5, 5.41) is 10.7. The number of carbonyl (C=O) groups is 1. The standard InChI is InChI=1S/C18H17N3O2/c1-12-6-2-3-7-13(12)10-17(22)19-11-16-14-8-4-5-9-15(14)18(23)21-20-16/h2-9H,10-11H2,1H3,(H,19,22)(H,21,23). The second-order valence-electron chi connectivity index (χ2n) is 5.42. The van der Waals surface area contributed by atoms with Crippen molar-refractivity contribution < 1.29 is 4.79 Å². The fourth-order valence-electron chi connectivity index (χ4n) is 2.53. The highest BCUT2D eigenvalue weighted by Crippen LogP contribution is 2.12. The van der Waals surface area contributed by atoms with Crippen LogP contribution in [-0.4, -0.2) is 16.1 Å². The fraction of sp³-hybridized carbons (Fsp3) is 0.167. The van der Waals surface area contributed by atoms with Gasteiger partial charge in [-0.3, -0.25) is 9.59 Å². The van der Waals surface area contributed by atoms with Crippen LogP contribution in [0.5, 0.6) is 0 Å². The highest BCUT2D eigenvalue weighted by molar-refractivity contribution is 5.84. The van der Waals surface area contributed by atoms with Gasteiger partial charge < -0.3 is 5.32 Å². The van der Waals surface area contributed by atoms with Gasteiger partial charge in [-0.15, -0.1) is 0 Å². The molecule has 0 aliphatic heterocycles. The van der Waals surface area contributed by atoms with Gasteiger partial charge >= 0.3 is 0 Å². The first-order valence-electron chi connectivity index (χ1n) is 7.42. The number of nitrogens with zero attached hydrogens (tertiary/aromatic N) is 1. The molecule has 0 saturated heterocycles. The van der Waals surface area contributed by atoms with Crippen LogP contribution in [0.1, 0.15) is 16.8 Å². The Morgan fingerprint density at radius 3 is 2.57 bits per heavy atom. The number of carbonyl (C=O) groups excluding carboxylic acids is 1. The molecule has 0 fully saturated rings. The molecule has 3 rings (SSSR count). The highest BCUT2D eigenvalue weighted by atomic mass is 16.1. The average molecular weight is 307 g/mol. The number of aromatic amines is 1. The molecule has 1 aromatic heterocycles. The Kier molecular flexibility index (Phi) is 4.19. The summed E-state index contributed by atoms with van der Waals surface area (Å²) < 4.78 is 0. The smallest absolute Gasteiger partial charge is 0.272 e. The van der Waals surface area contributed by atoms with Crippen molar-refractivity contribution in [3.8, 4) is 0 Å². The summed E-state index contributed by atoms with van der Waals surface area (Å²) in [6, 6.07) is 15.0. The van der Waals surface area contributed by atoms with Crippen molar-refractivity contribution in [2.75, 3.05) is 0 Å². The van der Waals surface area contributed by atoms with Gasteiger partial charge in [0.1, 0.15) is 0 Å². The minimum atomic E-state index is -0.226. The second kappa shape index (κ2) is 6.44. The van der Waals surface area contributed by atoms with Crippen LogP contribution in [0, 0.1) is 6.92 Å². The minimum absolute atomic E-state index is 0.0728. The van der Waals surface area contributed by atoms with Gasteiger partial charge in [-0.05, 0) is 24.1 Å². The Labute approximate surface area is 133 Å². The summed E-state index contributed by atoms with van der Waals surface area (Å²) in [4.78, 5) is 23.9. The Hall–Kier alpha value is -2.95. The number of rotatable bonds is 4. The third-order valence-corrected chi connectivity index (χ3v) is 3.84. The normalized spacial score (nSPS) is 10.7. The molecule has 5 nitrogen and oxygen atoms in total.